The van der Waals surface area contributed by atoms with Crippen LogP contribution in [0.4, 0.5) is 5.69 Å². The molecule has 6 rings (SSSR count). The van der Waals surface area contributed by atoms with Gasteiger partial charge in [0, 0.05) is 35.7 Å². The van der Waals surface area contributed by atoms with Crippen molar-refractivity contribution in [1.82, 2.24) is 4.98 Å². The molecule has 1 aromatic heterocycles. The smallest absolute Gasteiger partial charge is 1.00 e. The van der Waals surface area contributed by atoms with E-state index in [9.17, 15) is 9.59 Å². The topological polar surface area (TPSA) is 119 Å². The number of nitrogens with one attached hydrogen (secondary N) is 2. The Morgan fingerprint density at radius 1 is 0.826 bits per heavy atom. The number of hydrogen-bond donors (Lipinski definition) is 3. The van der Waals surface area contributed by atoms with Crippen molar-refractivity contribution in [3.05, 3.63) is 126 Å². The van der Waals surface area contributed by atoms with Gasteiger partial charge in [-0.2, -0.15) is 0 Å². The molecule has 0 saturated heterocycles. The van der Waals surface area contributed by atoms with Crippen molar-refractivity contribution in [3.63, 3.8) is 0 Å². The first kappa shape index (κ1) is 36.0. The second-order valence-corrected chi connectivity index (χ2v) is 9.88. The van der Waals surface area contributed by atoms with Gasteiger partial charge in [-0.15, -0.1) is 0 Å². The zero-order chi connectivity index (χ0) is 32.0. The van der Waals surface area contributed by atoms with Gasteiger partial charge in [-0.05, 0) is 48.4 Å². The minimum Gasteiger partial charge on any atom is -1.00 e. The monoisotopic (exact) mass is 636 g/mol. The molecule has 0 fully saturated rings. The van der Waals surface area contributed by atoms with E-state index in [1.165, 1.54) is 7.11 Å². The average molecular weight is 637 g/mol. The number of carbonyl (C=O) groups excluding carboxylic acids is 2. The van der Waals surface area contributed by atoms with Gasteiger partial charge in [0.25, 0.3) is 0 Å². The van der Waals surface area contributed by atoms with Crippen LogP contribution in [0, 0.1) is 0 Å². The average Bonchev–Trinajstić information content (AvgIpc) is 3.74. The Kier molecular flexibility index (Phi) is 14.4. The minimum absolute atomic E-state index is 0. The third kappa shape index (κ3) is 9.49. The number of methoxy groups -OCH3 is 1. The van der Waals surface area contributed by atoms with Gasteiger partial charge in [-0.3, -0.25) is 0 Å². The van der Waals surface area contributed by atoms with Gasteiger partial charge in [-0.1, -0.05) is 72.8 Å². The predicted octanol–water partition coefficient (Wildman–Crippen LogP) is 6.15. The van der Waals surface area contributed by atoms with Crippen LogP contribution in [0.25, 0.3) is 10.9 Å². The molecule has 0 bridgehead atoms. The third-order valence-electron chi connectivity index (χ3n) is 6.95. The van der Waals surface area contributed by atoms with Gasteiger partial charge in [-0.25, -0.2) is 9.59 Å². The number of esters is 2. The van der Waals surface area contributed by atoms with Crippen LogP contribution < -0.4 is 14.8 Å². The summed E-state index contributed by atoms with van der Waals surface area (Å²) in [5.74, 6) is 0.955. The molecule has 4 aromatic carbocycles. The van der Waals surface area contributed by atoms with Crippen LogP contribution in [0.5, 0.6) is 11.5 Å². The van der Waals surface area contributed by atoms with Crippen molar-refractivity contribution < 1.29 is 36.5 Å². The van der Waals surface area contributed by atoms with Crippen molar-refractivity contribution in [3.8, 4) is 11.5 Å². The van der Waals surface area contributed by atoms with Crippen LogP contribution in [-0.4, -0.2) is 72.0 Å². The number of carbonyl (C=O) groups is 2. The van der Waals surface area contributed by atoms with Crippen molar-refractivity contribution in [1.29, 1.82) is 0 Å². The molecule has 0 aliphatic carbocycles. The molecule has 3 N–H and O–H groups in total. The van der Waals surface area contributed by atoms with E-state index < -0.39 is 0 Å². The van der Waals surface area contributed by atoms with Gasteiger partial charge in [0.15, 0.2) is 0 Å². The first-order valence-electron chi connectivity index (χ1n) is 14.6. The number of fused-ring (bicyclic) bond motifs is 2. The molecule has 2 heterocycles. The van der Waals surface area contributed by atoms with Gasteiger partial charge in [0.05, 0.1) is 13.7 Å². The first-order chi connectivity index (χ1) is 22.1. The molecule has 238 valence electrons. The summed E-state index contributed by atoms with van der Waals surface area (Å²) in [5, 5.41) is 11.0. The summed E-state index contributed by atoms with van der Waals surface area (Å²) < 4.78 is 21.6. The summed E-state index contributed by atoms with van der Waals surface area (Å²) in [6.07, 6.45) is 0.590. The number of aliphatic hydroxyl groups is 1. The molecular formula is C36H40MgN2O7. The fourth-order valence-corrected chi connectivity index (χ4v) is 4.82. The molecule has 46 heavy (non-hydrogen) atoms. The van der Waals surface area contributed by atoms with Crippen LogP contribution in [0.15, 0.2) is 103 Å². The summed E-state index contributed by atoms with van der Waals surface area (Å²) >= 11 is 0. The molecule has 9 nitrogen and oxygen atoms in total. The quantitative estimate of drug-likeness (QED) is 0.130. The van der Waals surface area contributed by atoms with Gasteiger partial charge in [0.2, 0.25) is 0 Å². The second kappa shape index (κ2) is 18.5. The largest absolute Gasteiger partial charge is 2.00 e. The van der Waals surface area contributed by atoms with E-state index in [1.54, 1.807) is 13.0 Å². The fraction of sp³-hybridized carbons (Fsp3) is 0.222. The molecule has 0 amide bonds. The second-order valence-electron chi connectivity index (χ2n) is 9.88. The number of hydrogen-bond acceptors (Lipinski definition) is 8. The number of aliphatic hydroxyl groups excluding tert-OH is 1. The van der Waals surface area contributed by atoms with E-state index in [0.717, 1.165) is 51.9 Å². The van der Waals surface area contributed by atoms with Crippen LogP contribution in [0.2, 0.25) is 0 Å². The normalized spacial score (nSPS) is 12.5. The van der Waals surface area contributed by atoms with Gasteiger partial charge < -0.3 is 37.2 Å². The number of anilines is 1. The number of H-pyrrole nitrogens is 1. The minimum atomic E-state index is -0.354. The van der Waals surface area contributed by atoms with Crippen molar-refractivity contribution in [2.75, 3.05) is 26.1 Å². The molecule has 5 aromatic rings. The van der Waals surface area contributed by atoms with Crippen LogP contribution in [0.1, 0.15) is 37.0 Å². The number of ether oxygens (including phenoxy) is 4. The van der Waals surface area contributed by atoms with E-state index >= 15 is 0 Å². The molecule has 0 saturated carbocycles. The molecule has 1 atom stereocenters. The zero-order valence-corrected chi connectivity index (χ0v) is 27.7. The van der Waals surface area contributed by atoms with E-state index in [-0.39, 0.29) is 43.9 Å². The molecule has 0 spiro atoms. The summed E-state index contributed by atoms with van der Waals surface area (Å²) in [5.41, 5.74) is 5.48. The molecule has 10 heteroatoms. The standard InChI is InChI=1S/C18H17NO3.C17H17NO3.CH4O.Mg.2H/c1-2-21-18(20)16-11-14-15(19-16)9-6-10-17(14)22-12-13-7-4-3-5-8-13;1-20-17(19)15-10-13-14(18-15)8-5-9-16(13)21-11-12-6-3-2-4-7-12;1-2;;;/h3-11,19H,2,12H2,1H3;2-9,15,18H,10-11H2,1H3;2H,1H3;;;/q;;;+2;2*-1. The van der Waals surface area contributed by atoms with E-state index in [2.05, 4.69) is 10.3 Å². The van der Waals surface area contributed by atoms with E-state index in [0.29, 0.717) is 31.9 Å². The van der Waals surface area contributed by atoms with Crippen molar-refractivity contribution in [2.24, 2.45) is 0 Å². The van der Waals surface area contributed by atoms with Crippen LogP contribution in [0.3, 0.4) is 0 Å². The fourth-order valence-electron chi connectivity index (χ4n) is 4.82. The number of aromatic nitrogens is 1. The molecule has 1 aliphatic heterocycles. The number of rotatable bonds is 9. The summed E-state index contributed by atoms with van der Waals surface area (Å²) in [6, 6.07) is 32.9. The summed E-state index contributed by atoms with van der Waals surface area (Å²) in [7, 11) is 2.40. The molecule has 0 radical (unpaired) electrons. The Hall–Kier alpha value is -4.51. The Labute approximate surface area is 288 Å². The number of benzene rings is 4. The summed E-state index contributed by atoms with van der Waals surface area (Å²) in [4.78, 5) is 26.5. The Bertz CT molecular complexity index is 1690. The number of aromatic amines is 1. The Balaban J connectivity index is 0.000000431. The Morgan fingerprint density at radius 3 is 2.02 bits per heavy atom. The SMILES string of the molecule is CCOC(=O)c1cc2c(OCc3ccccc3)cccc2[nH]1.CO.COC(=O)C1Cc2c(cccc2OCc2ccccc2)N1.[H-].[H-].[Mg+2]. The molecule has 1 aliphatic rings. The van der Waals surface area contributed by atoms with Crippen molar-refractivity contribution >= 4 is 51.6 Å². The van der Waals surface area contributed by atoms with Crippen LogP contribution in [-0.2, 0) is 33.9 Å². The molecular weight excluding hydrogens is 597 g/mol. The first-order valence-corrected chi connectivity index (χ1v) is 14.6. The maximum atomic E-state index is 11.8. The zero-order valence-electron chi connectivity index (χ0n) is 28.3. The third-order valence-corrected chi connectivity index (χ3v) is 6.95. The molecule has 1 unspecified atom stereocenters. The van der Waals surface area contributed by atoms with Gasteiger partial charge >= 0.3 is 35.0 Å². The van der Waals surface area contributed by atoms with E-state index in [4.69, 9.17) is 24.1 Å². The predicted molar refractivity (Wildman–Crippen MR) is 181 cm³/mol. The van der Waals surface area contributed by atoms with E-state index in [1.807, 2.05) is 97.1 Å². The van der Waals surface area contributed by atoms with Crippen LogP contribution >= 0.6 is 0 Å². The van der Waals surface area contributed by atoms with Gasteiger partial charge in [0.1, 0.15) is 36.4 Å². The summed E-state index contributed by atoms with van der Waals surface area (Å²) in [6.45, 7) is 3.14. The maximum absolute atomic E-state index is 11.8. The van der Waals surface area contributed by atoms with Crippen molar-refractivity contribution in [2.45, 2.75) is 32.6 Å². The maximum Gasteiger partial charge on any atom is 2.00 e. The Morgan fingerprint density at radius 2 is 1.41 bits per heavy atom.